The average Bonchev–Trinajstić information content (AvgIpc) is 3.24. The molecule has 0 bridgehead atoms. The van der Waals surface area contributed by atoms with Crippen molar-refractivity contribution in [2.45, 2.75) is 25.4 Å². The fourth-order valence-corrected chi connectivity index (χ4v) is 2.47. The first kappa shape index (κ1) is 15.8. The van der Waals surface area contributed by atoms with Gasteiger partial charge in [0.25, 0.3) is 5.91 Å². The molecule has 2 aromatic rings. The number of imide groups is 1. The summed E-state index contributed by atoms with van der Waals surface area (Å²) < 4.78 is 6.72. The van der Waals surface area contributed by atoms with Crippen LogP contribution in [0.1, 0.15) is 18.6 Å². The summed E-state index contributed by atoms with van der Waals surface area (Å²) in [5.74, 6) is -0.0754. The first-order chi connectivity index (χ1) is 11.5. The Kier molecular flexibility index (Phi) is 4.32. The van der Waals surface area contributed by atoms with E-state index in [1.807, 2.05) is 0 Å². The Morgan fingerprint density at radius 3 is 2.96 bits per heavy atom. The van der Waals surface area contributed by atoms with Gasteiger partial charge in [-0.15, -0.1) is 0 Å². The van der Waals surface area contributed by atoms with E-state index >= 15 is 0 Å². The van der Waals surface area contributed by atoms with E-state index in [2.05, 4.69) is 15.7 Å². The van der Waals surface area contributed by atoms with Crippen molar-refractivity contribution in [3.05, 3.63) is 36.5 Å². The number of aromatic nitrogens is 2. The maximum Gasteiger partial charge on any atom is 0.325 e. The second-order valence-electron chi connectivity index (χ2n) is 5.50. The van der Waals surface area contributed by atoms with Crippen molar-refractivity contribution in [2.24, 2.45) is 7.05 Å². The van der Waals surface area contributed by atoms with Crippen LogP contribution in [0.3, 0.4) is 0 Å². The highest BCUT2D eigenvalue weighted by Gasteiger charge is 2.38. The van der Waals surface area contributed by atoms with E-state index in [4.69, 9.17) is 4.42 Å². The lowest BCUT2D eigenvalue weighted by Crippen LogP contribution is -2.31. The van der Waals surface area contributed by atoms with E-state index in [-0.39, 0.29) is 31.2 Å². The van der Waals surface area contributed by atoms with E-state index < -0.39 is 12.1 Å². The van der Waals surface area contributed by atoms with Gasteiger partial charge >= 0.3 is 6.03 Å². The number of rotatable bonds is 6. The normalized spacial score (nSPS) is 17.2. The maximum absolute atomic E-state index is 12.3. The number of hydrogen-bond donors (Lipinski definition) is 2. The van der Waals surface area contributed by atoms with Crippen LogP contribution < -0.4 is 10.6 Å². The third-order valence-electron chi connectivity index (χ3n) is 3.65. The summed E-state index contributed by atoms with van der Waals surface area (Å²) in [5, 5.41) is 9.22. The number of nitrogens with one attached hydrogen (secondary N) is 2. The van der Waals surface area contributed by atoms with Gasteiger partial charge in [0, 0.05) is 19.7 Å². The molecule has 1 aliphatic heterocycles. The second-order valence-corrected chi connectivity index (χ2v) is 5.50. The van der Waals surface area contributed by atoms with Crippen LogP contribution >= 0.6 is 0 Å². The summed E-state index contributed by atoms with van der Waals surface area (Å²) in [5.41, 5.74) is 0.587. The minimum atomic E-state index is -0.702. The highest BCUT2D eigenvalue weighted by molar-refractivity contribution is 6.04. The number of carbonyl (C=O) groups excluding carboxylic acids is 3. The molecule has 4 amide bonds. The van der Waals surface area contributed by atoms with Crippen molar-refractivity contribution in [2.75, 3.05) is 5.32 Å². The Morgan fingerprint density at radius 1 is 1.46 bits per heavy atom. The average molecular weight is 331 g/mol. The van der Waals surface area contributed by atoms with Crippen molar-refractivity contribution in [3.63, 3.8) is 0 Å². The number of carbonyl (C=O) groups is 3. The molecule has 2 N–H and O–H groups in total. The first-order valence-electron chi connectivity index (χ1n) is 7.45. The van der Waals surface area contributed by atoms with E-state index in [1.165, 1.54) is 12.5 Å². The molecule has 0 aromatic carbocycles. The predicted molar refractivity (Wildman–Crippen MR) is 82.6 cm³/mol. The van der Waals surface area contributed by atoms with Crippen LogP contribution in [0.4, 0.5) is 10.5 Å². The van der Waals surface area contributed by atoms with Crippen molar-refractivity contribution in [1.82, 2.24) is 20.0 Å². The SMILES string of the molecule is Cn1cc(NC(=O)CCC2NC(=O)N(Cc3ccco3)C2=O)cn1. The van der Waals surface area contributed by atoms with Crippen LogP contribution in [0.25, 0.3) is 0 Å². The highest BCUT2D eigenvalue weighted by Crippen LogP contribution is 2.16. The van der Waals surface area contributed by atoms with Gasteiger partial charge in [0.2, 0.25) is 5.91 Å². The third kappa shape index (κ3) is 3.45. The van der Waals surface area contributed by atoms with Crippen LogP contribution in [0.15, 0.2) is 35.2 Å². The molecule has 0 aliphatic carbocycles. The van der Waals surface area contributed by atoms with Crippen LogP contribution in [0.5, 0.6) is 0 Å². The smallest absolute Gasteiger partial charge is 0.325 e. The van der Waals surface area contributed by atoms with Gasteiger partial charge in [-0.2, -0.15) is 5.10 Å². The number of nitrogens with zero attached hydrogens (tertiary/aromatic N) is 3. The lowest BCUT2D eigenvalue weighted by Gasteiger charge is -2.11. The Hall–Kier alpha value is -3.10. The van der Waals surface area contributed by atoms with E-state index in [0.717, 1.165) is 4.90 Å². The van der Waals surface area contributed by atoms with Gasteiger partial charge in [0.15, 0.2) is 0 Å². The largest absolute Gasteiger partial charge is 0.467 e. The Balaban J connectivity index is 1.51. The number of anilines is 1. The molecule has 24 heavy (non-hydrogen) atoms. The van der Waals surface area contributed by atoms with Crippen LogP contribution in [-0.2, 0) is 23.2 Å². The molecule has 1 atom stereocenters. The van der Waals surface area contributed by atoms with Gasteiger partial charge in [0.1, 0.15) is 11.8 Å². The number of aryl methyl sites for hydroxylation is 1. The van der Waals surface area contributed by atoms with Gasteiger partial charge in [0.05, 0.1) is 24.7 Å². The predicted octanol–water partition coefficient (Wildman–Crippen LogP) is 0.852. The molecule has 3 heterocycles. The van der Waals surface area contributed by atoms with Crippen molar-refractivity contribution < 1.29 is 18.8 Å². The second kappa shape index (κ2) is 6.57. The van der Waals surface area contributed by atoms with E-state index in [9.17, 15) is 14.4 Å². The van der Waals surface area contributed by atoms with Gasteiger partial charge in [-0.1, -0.05) is 0 Å². The molecule has 1 fully saturated rings. The zero-order valence-electron chi connectivity index (χ0n) is 13.1. The summed E-state index contributed by atoms with van der Waals surface area (Å²) in [6.07, 6.45) is 5.02. The Morgan fingerprint density at radius 2 is 2.29 bits per heavy atom. The van der Waals surface area contributed by atoms with Crippen LogP contribution in [0.2, 0.25) is 0 Å². The van der Waals surface area contributed by atoms with Crippen molar-refractivity contribution >= 4 is 23.5 Å². The van der Waals surface area contributed by atoms with Gasteiger partial charge in [-0.25, -0.2) is 4.79 Å². The van der Waals surface area contributed by atoms with E-state index in [0.29, 0.717) is 11.4 Å². The molecule has 0 radical (unpaired) electrons. The topological polar surface area (TPSA) is 109 Å². The summed E-state index contributed by atoms with van der Waals surface area (Å²) in [6.45, 7) is 0.0794. The first-order valence-corrected chi connectivity index (χ1v) is 7.45. The van der Waals surface area contributed by atoms with Crippen LogP contribution in [-0.4, -0.2) is 38.6 Å². The molecule has 0 saturated carbocycles. The van der Waals surface area contributed by atoms with Gasteiger partial charge < -0.3 is 15.1 Å². The monoisotopic (exact) mass is 331 g/mol. The number of amides is 4. The maximum atomic E-state index is 12.3. The quantitative estimate of drug-likeness (QED) is 0.763. The molecule has 9 nitrogen and oxygen atoms in total. The summed E-state index contributed by atoms with van der Waals surface area (Å²) in [6, 6.07) is 2.20. The Bertz CT molecular complexity index is 752. The lowest BCUT2D eigenvalue weighted by atomic mass is 10.1. The lowest BCUT2D eigenvalue weighted by molar-refractivity contribution is -0.128. The Labute approximate surface area is 137 Å². The molecule has 0 spiro atoms. The molecule has 1 aliphatic rings. The molecule has 1 unspecified atom stereocenters. The zero-order valence-corrected chi connectivity index (χ0v) is 13.1. The molecule has 126 valence electrons. The molecule has 3 rings (SSSR count). The summed E-state index contributed by atoms with van der Waals surface area (Å²) >= 11 is 0. The molecular formula is C15H17N5O4. The third-order valence-corrected chi connectivity index (χ3v) is 3.65. The molecule has 2 aromatic heterocycles. The zero-order chi connectivity index (χ0) is 17.1. The summed E-state index contributed by atoms with van der Waals surface area (Å²) in [7, 11) is 1.75. The fourth-order valence-electron chi connectivity index (χ4n) is 2.47. The van der Waals surface area contributed by atoms with Crippen molar-refractivity contribution in [3.8, 4) is 0 Å². The minimum absolute atomic E-state index is 0.0794. The number of furan rings is 1. The van der Waals surface area contributed by atoms with Crippen LogP contribution in [0, 0.1) is 0 Å². The standard InChI is InChI=1S/C15H17N5O4/c1-19-8-10(7-16-19)17-13(21)5-4-12-14(22)20(15(23)18-12)9-11-3-2-6-24-11/h2-3,6-8,12H,4-5,9H2,1H3,(H,17,21)(H,18,23). The fraction of sp³-hybridized carbons (Fsp3) is 0.333. The molecule has 1 saturated heterocycles. The van der Waals surface area contributed by atoms with Crippen molar-refractivity contribution in [1.29, 1.82) is 0 Å². The van der Waals surface area contributed by atoms with Gasteiger partial charge in [-0.05, 0) is 18.6 Å². The highest BCUT2D eigenvalue weighted by atomic mass is 16.3. The van der Waals surface area contributed by atoms with E-state index in [1.54, 1.807) is 30.1 Å². The summed E-state index contributed by atoms with van der Waals surface area (Å²) in [4.78, 5) is 37.2. The number of hydrogen-bond acceptors (Lipinski definition) is 5. The molecular weight excluding hydrogens is 314 g/mol. The number of urea groups is 1. The molecule has 9 heteroatoms. The minimum Gasteiger partial charge on any atom is -0.467 e. The van der Waals surface area contributed by atoms with Gasteiger partial charge in [-0.3, -0.25) is 19.2 Å².